The van der Waals surface area contributed by atoms with E-state index in [0.29, 0.717) is 0 Å². The Balaban J connectivity index is 3.16. The molecule has 1 unspecified atom stereocenters. The van der Waals surface area contributed by atoms with Crippen LogP contribution in [0.15, 0.2) is 18.2 Å². The van der Waals surface area contributed by atoms with Gasteiger partial charge in [-0.25, -0.2) is 4.79 Å². The van der Waals surface area contributed by atoms with Crippen molar-refractivity contribution >= 4 is 5.97 Å². The summed E-state index contributed by atoms with van der Waals surface area (Å²) in [6.45, 7) is 4.06. The van der Waals surface area contributed by atoms with Crippen LogP contribution in [0.1, 0.15) is 22.7 Å². The molecule has 1 rings (SSSR count). The largest absolute Gasteiger partial charge is 0.468 e. The number of carbonyl (C=O) groups is 1. The van der Waals surface area contributed by atoms with Crippen molar-refractivity contribution in [3.63, 3.8) is 0 Å². The van der Waals surface area contributed by atoms with Crippen molar-refractivity contribution in [2.45, 2.75) is 19.9 Å². The molecule has 3 heteroatoms. The number of aryl methyl sites for hydroxylation is 2. The fraction of sp³-hybridized carbons (Fsp3) is 0.462. The van der Waals surface area contributed by atoms with Gasteiger partial charge in [0.05, 0.1) is 7.11 Å². The highest BCUT2D eigenvalue weighted by Gasteiger charge is 2.24. The summed E-state index contributed by atoms with van der Waals surface area (Å²) in [5, 5.41) is 0. The van der Waals surface area contributed by atoms with Crippen molar-refractivity contribution in [1.29, 1.82) is 0 Å². The number of nitrogens with zero attached hydrogens (tertiary/aromatic N) is 1. The summed E-state index contributed by atoms with van der Waals surface area (Å²) in [4.78, 5) is 13.6. The molecule has 0 aliphatic heterocycles. The Kier molecular flexibility index (Phi) is 4.07. The zero-order chi connectivity index (χ0) is 12.3. The number of benzene rings is 1. The van der Waals surface area contributed by atoms with Crippen LogP contribution in [0.25, 0.3) is 0 Å². The monoisotopic (exact) mass is 221 g/mol. The third kappa shape index (κ3) is 2.61. The highest BCUT2D eigenvalue weighted by molar-refractivity contribution is 5.78. The molecule has 0 aromatic heterocycles. The van der Waals surface area contributed by atoms with Crippen LogP contribution in [0.4, 0.5) is 0 Å². The van der Waals surface area contributed by atoms with Crippen LogP contribution in [0.2, 0.25) is 0 Å². The van der Waals surface area contributed by atoms with Crippen molar-refractivity contribution in [2.75, 3.05) is 21.2 Å². The van der Waals surface area contributed by atoms with Crippen LogP contribution in [0.5, 0.6) is 0 Å². The maximum atomic E-state index is 11.7. The lowest BCUT2D eigenvalue weighted by atomic mass is 9.98. The normalized spacial score (nSPS) is 12.6. The molecule has 0 N–H and O–H groups in total. The van der Waals surface area contributed by atoms with Gasteiger partial charge in [-0.15, -0.1) is 0 Å². The summed E-state index contributed by atoms with van der Waals surface area (Å²) >= 11 is 0. The zero-order valence-corrected chi connectivity index (χ0v) is 10.6. The third-order valence-electron chi connectivity index (χ3n) is 2.66. The molecule has 1 aromatic rings. The first-order chi connectivity index (χ1) is 7.47. The predicted molar refractivity (Wildman–Crippen MR) is 64.4 cm³/mol. The SMILES string of the molecule is COC(=O)C(c1ccc(C)cc1C)N(C)C. The maximum absolute atomic E-state index is 11.7. The number of likely N-dealkylation sites (N-methyl/N-ethyl adjacent to an activating group) is 1. The van der Waals surface area contributed by atoms with Gasteiger partial charge in [0.25, 0.3) is 0 Å². The van der Waals surface area contributed by atoms with Gasteiger partial charge in [-0.3, -0.25) is 4.90 Å². The molecule has 0 fully saturated rings. The lowest BCUT2D eigenvalue weighted by Gasteiger charge is -2.23. The fourth-order valence-corrected chi connectivity index (χ4v) is 1.86. The summed E-state index contributed by atoms with van der Waals surface area (Å²) in [5.41, 5.74) is 3.31. The van der Waals surface area contributed by atoms with E-state index in [9.17, 15) is 4.79 Å². The van der Waals surface area contributed by atoms with Crippen LogP contribution in [-0.2, 0) is 9.53 Å². The second-order valence-corrected chi connectivity index (χ2v) is 4.25. The van der Waals surface area contributed by atoms with E-state index in [4.69, 9.17) is 4.74 Å². The topological polar surface area (TPSA) is 29.5 Å². The first kappa shape index (κ1) is 12.7. The highest BCUT2D eigenvalue weighted by Crippen LogP contribution is 2.23. The van der Waals surface area contributed by atoms with Crippen molar-refractivity contribution in [1.82, 2.24) is 4.90 Å². The van der Waals surface area contributed by atoms with Gasteiger partial charge >= 0.3 is 5.97 Å². The molecule has 1 aromatic carbocycles. The standard InChI is InChI=1S/C13H19NO2/c1-9-6-7-11(10(2)8-9)12(14(3)4)13(15)16-5/h6-8,12H,1-5H3. The molecule has 0 radical (unpaired) electrons. The second-order valence-electron chi connectivity index (χ2n) is 4.25. The number of methoxy groups -OCH3 is 1. The van der Waals surface area contributed by atoms with Crippen molar-refractivity contribution in [3.05, 3.63) is 34.9 Å². The molecular weight excluding hydrogens is 202 g/mol. The number of esters is 1. The number of hydrogen-bond donors (Lipinski definition) is 0. The van der Waals surface area contributed by atoms with E-state index in [0.717, 1.165) is 11.1 Å². The molecule has 0 aliphatic carbocycles. The summed E-state index contributed by atoms with van der Waals surface area (Å²) < 4.78 is 4.83. The van der Waals surface area contributed by atoms with E-state index in [1.807, 2.05) is 45.0 Å². The Bertz CT molecular complexity index is 386. The van der Waals surface area contributed by atoms with E-state index in [-0.39, 0.29) is 12.0 Å². The van der Waals surface area contributed by atoms with E-state index >= 15 is 0 Å². The first-order valence-corrected chi connectivity index (χ1v) is 5.28. The summed E-state index contributed by atoms with van der Waals surface area (Å²) in [7, 11) is 5.17. The lowest BCUT2D eigenvalue weighted by molar-refractivity contribution is -0.146. The average Bonchev–Trinajstić information content (AvgIpc) is 2.21. The van der Waals surface area contributed by atoms with Crippen LogP contribution < -0.4 is 0 Å². The van der Waals surface area contributed by atoms with Crippen molar-refractivity contribution in [3.8, 4) is 0 Å². The Morgan fingerprint density at radius 2 is 1.94 bits per heavy atom. The van der Waals surface area contributed by atoms with E-state index in [2.05, 4.69) is 6.07 Å². The molecule has 0 bridgehead atoms. The summed E-state index contributed by atoms with van der Waals surface area (Å²) in [6, 6.07) is 5.76. The second kappa shape index (κ2) is 5.12. The average molecular weight is 221 g/mol. The van der Waals surface area contributed by atoms with Gasteiger partial charge in [-0.2, -0.15) is 0 Å². The van der Waals surface area contributed by atoms with Gasteiger partial charge in [0.15, 0.2) is 0 Å². The van der Waals surface area contributed by atoms with Crippen LogP contribution >= 0.6 is 0 Å². The maximum Gasteiger partial charge on any atom is 0.327 e. The molecule has 0 saturated heterocycles. The number of ether oxygens (including phenoxy) is 1. The Labute approximate surface area is 97.0 Å². The quantitative estimate of drug-likeness (QED) is 0.732. The van der Waals surface area contributed by atoms with E-state index < -0.39 is 0 Å². The smallest absolute Gasteiger partial charge is 0.327 e. The molecule has 0 amide bonds. The third-order valence-corrected chi connectivity index (χ3v) is 2.66. The molecule has 88 valence electrons. The number of carbonyl (C=O) groups excluding carboxylic acids is 1. The number of hydrogen-bond acceptors (Lipinski definition) is 3. The molecule has 16 heavy (non-hydrogen) atoms. The van der Waals surface area contributed by atoms with E-state index in [1.165, 1.54) is 12.7 Å². The van der Waals surface area contributed by atoms with Gasteiger partial charge in [0.2, 0.25) is 0 Å². The lowest BCUT2D eigenvalue weighted by Crippen LogP contribution is -2.29. The molecule has 0 aliphatic rings. The minimum Gasteiger partial charge on any atom is -0.468 e. The molecule has 0 spiro atoms. The van der Waals surface area contributed by atoms with Gasteiger partial charge < -0.3 is 4.74 Å². The Morgan fingerprint density at radius 1 is 1.31 bits per heavy atom. The number of rotatable bonds is 3. The van der Waals surface area contributed by atoms with Gasteiger partial charge in [0, 0.05) is 0 Å². The van der Waals surface area contributed by atoms with E-state index in [1.54, 1.807) is 0 Å². The molecule has 1 atom stereocenters. The molecule has 0 saturated carbocycles. The first-order valence-electron chi connectivity index (χ1n) is 5.28. The minimum absolute atomic E-state index is 0.225. The van der Waals surface area contributed by atoms with Crippen LogP contribution in [-0.4, -0.2) is 32.1 Å². The highest BCUT2D eigenvalue weighted by atomic mass is 16.5. The predicted octanol–water partition coefficient (Wildman–Crippen LogP) is 2.08. The van der Waals surface area contributed by atoms with Gasteiger partial charge in [-0.1, -0.05) is 23.8 Å². The molecular formula is C13H19NO2. The van der Waals surface area contributed by atoms with Gasteiger partial charge in [-0.05, 0) is 39.1 Å². The van der Waals surface area contributed by atoms with Crippen LogP contribution in [0.3, 0.4) is 0 Å². The summed E-state index contributed by atoms with van der Waals surface area (Å²) in [5.74, 6) is -0.225. The fourth-order valence-electron chi connectivity index (χ4n) is 1.86. The Morgan fingerprint density at radius 3 is 2.38 bits per heavy atom. The van der Waals surface area contributed by atoms with Crippen molar-refractivity contribution < 1.29 is 9.53 Å². The van der Waals surface area contributed by atoms with Crippen molar-refractivity contribution in [2.24, 2.45) is 0 Å². The Hall–Kier alpha value is -1.35. The summed E-state index contributed by atoms with van der Waals surface area (Å²) in [6.07, 6.45) is 0. The minimum atomic E-state index is -0.328. The molecule has 0 heterocycles. The van der Waals surface area contributed by atoms with Crippen LogP contribution in [0, 0.1) is 13.8 Å². The zero-order valence-electron chi connectivity index (χ0n) is 10.6. The molecule has 3 nitrogen and oxygen atoms in total. The van der Waals surface area contributed by atoms with Gasteiger partial charge in [0.1, 0.15) is 6.04 Å².